The van der Waals surface area contributed by atoms with E-state index in [9.17, 15) is 0 Å². The van der Waals surface area contributed by atoms with Crippen molar-refractivity contribution in [3.8, 4) is 12.3 Å². The van der Waals surface area contributed by atoms with Crippen LogP contribution in [-0.2, 0) is 4.84 Å². The van der Waals surface area contributed by atoms with Gasteiger partial charge >= 0.3 is 0 Å². The van der Waals surface area contributed by atoms with Gasteiger partial charge in [-0.1, -0.05) is 17.5 Å². The van der Waals surface area contributed by atoms with Gasteiger partial charge in [-0.2, -0.15) is 0 Å². The maximum absolute atomic E-state index is 5.74. The van der Waals surface area contributed by atoms with E-state index in [1.165, 1.54) is 6.33 Å². The topological polar surface area (TPSA) is 47.0 Å². The number of hydrogen-bond acceptors (Lipinski definition) is 4. The standard InChI is InChI=1S/C8H8ClN3O/c1-3-4-13-12-8-6(2)7(9)10-5-11-8/h1,5H,4H2,2H3,(H,10,11,12). The lowest BCUT2D eigenvalue weighted by Gasteiger charge is -2.06. The fourth-order valence-electron chi connectivity index (χ4n) is 0.678. The molecule has 0 unspecified atom stereocenters. The summed E-state index contributed by atoms with van der Waals surface area (Å²) in [5.41, 5.74) is 3.30. The third-order valence-corrected chi connectivity index (χ3v) is 1.73. The molecule has 0 bridgehead atoms. The Bertz CT molecular complexity index is 335. The number of hydrogen-bond donors (Lipinski definition) is 1. The lowest BCUT2D eigenvalue weighted by molar-refractivity contribution is 0.232. The Morgan fingerprint density at radius 2 is 2.46 bits per heavy atom. The number of nitrogens with one attached hydrogen (secondary N) is 1. The second-order valence-electron chi connectivity index (χ2n) is 2.23. The molecular formula is C8H8ClN3O. The van der Waals surface area contributed by atoms with Crippen LogP contribution in [0.5, 0.6) is 0 Å². The molecule has 0 spiro atoms. The highest BCUT2D eigenvalue weighted by Crippen LogP contribution is 2.17. The van der Waals surface area contributed by atoms with E-state index in [1.807, 2.05) is 0 Å². The normalized spacial score (nSPS) is 9.31. The molecule has 0 saturated carbocycles. The Morgan fingerprint density at radius 1 is 1.69 bits per heavy atom. The number of terminal acetylenes is 1. The van der Waals surface area contributed by atoms with Gasteiger partial charge in [-0.05, 0) is 6.92 Å². The number of anilines is 1. The van der Waals surface area contributed by atoms with Crippen molar-refractivity contribution in [1.29, 1.82) is 0 Å². The maximum atomic E-state index is 5.74. The zero-order valence-electron chi connectivity index (χ0n) is 7.04. The van der Waals surface area contributed by atoms with Crippen LogP contribution in [0, 0.1) is 19.3 Å². The van der Waals surface area contributed by atoms with Crippen LogP contribution < -0.4 is 5.48 Å². The molecule has 5 heteroatoms. The minimum atomic E-state index is 0.168. The summed E-state index contributed by atoms with van der Waals surface area (Å²) >= 11 is 5.74. The smallest absolute Gasteiger partial charge is 0.157 e. The molecule has 0 aliphatic heterocycles. The van der Waals surface area contributed by atoms with E-state index in [-0.39, 0.29) is 6.61 Å². The molecular weight excluding hydrogens is 190 g/mol. The number of halogens is 1. The molecule has 1 aromatic heterocycles. The van der Waals surface area contributed by atoms with Gasteiger partial charge in [-0.15, -0.1) is 6.42 Å². The van der Waals surface area contributed by atoms with Crippen LogP contribution in [0.3, 0.4) is 0 Å². The average Bonchev–Trinajstić information content (AvgIpc) is 2.13. The van der Waals surface area contributed by atoms with Crippen molar-refractivity contribution in [1.82, 2.24) is 9.97 Å². The molecule has 13 heavy (non-hydrogen) atoms. The Labute approximate surface area is 81.3 Å². The quantitative estimate of drug-likeness (QED) is 0.345. The highest BCUT2D eigenvalue weighted by atomic mass is 35.5. The first-order chi connectivity index (χ1) is 6.25. The van der Waals surface area contributed by atoms with E-state index in [1.54, 1.807) is 6.92 Å². The van der Waals surface area contributed by atoms with Gasteiger partial charge in [0.25, 0.3) is 0 Å². The van der Waals surface area contributed by atoms with E-state index in [4.69, 9.17) is 22.9 Å². The monoisotopic (exact) mass is 197 g/mol. The molecule has 1 N–H and O–H groups in total. The summed E-state index contributed by atoms with van der Waals surface area (Å²) in [5.74, 6) is 2.83. The molecule has 0 atom stereocenters. The molecule has 0 radical (unpaired) electrons. The number of aromatic nitrogens is 2. The molecule has 0 amide bonds. The second kappa shape index (κ2) is 4.65. The predicted molar refractivity (Wildman–Crippen MR) is 50.2 cm³/mol. The molecule has 0 aliphatic carbocycles. The van der Waals surface area contributed by atoms with Crippen molar-refractivity contribution >= 4 is 17.4 Å². The summed E-state index contributed by atoms with van der Waals surface area (Å²) in [4.78, 5) is 12.6. The molecule has 0 aromatic carbocycles. The van der Waals surface area contributed by atoms with E-state index in [0.717, 1.165) is 5.56 Å². The molecule has 4 nitrogen and oxygen atoms in total. The van der Waals surface area contributed by atoms with Crippen LogP contribution in [0.25, 0.3) is 0 Å². The van der Waals surface area contributed by atoms with E-state index >= 15 is 0 Å². The molecule has 0 aliphatic rings. The summed E-state index contributed by atoms with van der Waals surface area (Å²) in [6, 6.07) is 0. The third-order valence-electron chi connectivity index (χ3n) is 1.35. The van der Waals surface area contributed by atoms with Crippen molar-refractivity contribution in [2.45, 2.75) is 6.92 Å². The van der Waals surface area contributed by atoms with Crippen LogP contribution in [0.1, 0.15) is 5.56 Å². The summed E-state index contributed by atoms with van der Waals surface area (Å²) < 4.78 is 0. The van der Waals surface area contributed by atoms with Gasteiger partial charge in [0.05, 0.1) is 0 Å². The van der Waals surface area contributed by atoms with Crippen molar-refractivity contribution in [2.75, 3.05) is 12.1 Å². The van der Waals surface area contributed by atoms with Crippen molar-refractivity contribution in [3.05, 3.63) is 17.0 Å². The maximum Gasteiger partial charge on any atom is 0.157 e. The lowest BCUT2D eigenvalue weighted by atomic mass is 10.3. The van der Waals surface area contributed by atoms with Crippen molar-refractivity contribution in [3.63, 3.8) is 0 Å². The van der Waals surface area contributed by atoms with Crippen LogP contribution in [0.15, 0.2) is 6.33 Å². The molecule has 1 rings (SSSR count). The largest absolute Gasteiger partial charge is 0.262 e. The Balaban J connectivity index is 2.67. The first-order valence-electron chi connectivity index (χ1n) is 3.54. The zero-order valence-corrected chi connectivity index (χ0v) is 7.80. The Morgan fingerprint density at radius 3 is 3.15 bits per heavy atom. The number of rotatable bonds is 3. The van der Waals surface area contributed by atoms with Gasteiger partial charge in [0.15, 0.2) is 5.82 Å². The molecule has 0 fully saturated rings. The van der Waals surface area contributed by atoms with Crippen LogP contribution in [0.2, 0.25) is 5.15 Å². The Kier molecular flexibility index (Phi) is 3.50. The van der Waals surface area contributed by atoms with Gasteiger partial charge in [0.1, 0.15) is 18.1 Å². The molecule has 0 saturated heterocycles. The third kappa shape index (κ3) is 2.58. The fourth-order valence-corrected chi connectivity index (χ4v) is 0.811. The van der Waals surface area contributed by atoms with Gasteiger partial charge in [0.2, 0.25) is 0 Å². The summed E-state index contributed by atoms with van der Waals surface area (Å²) in [5, 5.41) is 0.391. The van der Waals surface area contributed by atoms with E-state index in [2.05, 4.69) is 21.4 Å². The van der Waals surface area contributed by atoms with Gasteiger partial charge < -0.3 is 0 Å². The molecule has 1 aromatic rings. The van der Waals surface area contributed by atoms with E-state index in [0.29, 0.717) is 11.0 Å². The zero-order chi connectivity index (χ0) is 9.68. The summed E-state index contributed by atoms with van der Waals surface area (Å²) in [7, 11) is 0. The van der Waals surface area contributed by atoms with Crippen LogP contribution >= 0.6 is 11.6 Å². The average molecular weight is 198 g/mol. The minimum absolute atomic E-state index is 0.168. The first-order valence-corrected chi connectivity index (χ1v) is 3.92. The Hall–Kier alpha value is -1.31. The molecule has 68 valence electrons. The second-order valence-corrected chi connectivity index (χ2v) is 2.59. The minimum Gasteiger partial charge on any atom is -0.262 e. The lowest BCUT2D eigenvalue weighted by Crippen LogP contribution is -2.05. The van der Waals surface area contributed by atoms with E-state index < -0.39 is 0 Å². The SMILES string of the molecule is C#CCONc1ncnc(Cl)c1C. The van der Waals surface area contributed by atoms with Gasteiger partial charge in [-0.3, -0.25) is 4.84 Å². The van der Waals surface area contributed by atoms with Gasteiger partial charge in [-0.25, -0.2) is 15.4 Å². The van der Waals surface area contributed by atoms with Crippen molar-refractivity contribution in [2.24, 2.45) is 0 Å². The number of nitrogens with zero attached hydrogens (tertiary/aromatic N) is 2. The van der Waals surface area contributed by atoms with Gasteiger partial charge in [0, 0.05) is 5.56 Å². The van der Waals surface area contributed by atoms with Crippen molar-refractivity contribution < 1.29 is 4.84 Å². The highest BCUT2D eigenvalue weighted by molar-refractivity contribution is 6.30. The van der Waals surface area contributed by atoms with Crippen LogP contribution in [-0.4, -0.2) is 16.6 Å². The predicted octanol–water partition coefficient (Wildman–Crippen LogP) is 1.42. The fraction of sp³-hybridized carbons (Fsp3) is 0.250. The highest BCUT2D eigenvalue weighted by Gasteiger charge is 2.03. The van der Waals surface area contributed by atoms with Crippen LogP contribution in [0.4, 0.5) is 5.82 Å². The summed E-state index contributed by atoms with van der Waals surface area (Å²) in [6.07, 6.45) is 6.33. The first kappa shape index (κ1) is 9.78. The molecule has 1 heterocycles. The summed E-state index contributed by atoms with van der Waals surface area (Å²) in [6.45, 7) is 1.95.